The van der Waals surface area contributed by atoms with Crippen LogP contribution in [0.25, 0.3) is 5.65 Å². The molecule has 0 bridgehead atoms. The van der Waals surface area contributed by atoms with Crippen LogP contribution >= 0.6 is 0 Å². The summed E-state index contributed by atoms with van der Waals surface area (Å²) in [6.45, 7) is 1.57. The van der Waals surface area contributed by atoms with E-state index in [9.17, 15) is 4.79 Å². The van der Waals surface area contributed by atoms with Gasteiger partial charge in [0.05, 0.1) is 0 Å². The molecule has 5 nitrogen and oxygen atoms in total. The number of carbonyl (C=O) groups excluding carboxylic acids is 1. The van der Waals surface area contributed by atoms with Crippen LogP contribution in [0.4, 0.5) is 0 Å². The quantitative estimate of drug-likeness (QED) is 0.731. The Balaban J connectivity index is 1.60. The van der Waals surface area contributed by atoms with Crippen molar-refractivity contribution in [3.05, 3.63) is 66.4 Å². The molecule has 1 aliphatic heterocycles. The van der Waals surface area contributed by atoms with Crippen LogP contribution in [0.5, 0.6) is 0 Å². The van der Waals surface area contributed by atoms with E-state index in [-0.39, 0.29) is 5.91 Å². The van der Waals surface area contributed by atoms with Crippen molar-refractivity contribution in [2.75, 3.05) is 13.1 Å². The molecule has 0 saturated carbocycles. The highest BCUT2D eigenvalue weighted by atomic mass is 16.2. The van der Waals surface area contributed by atoms with Crippen LogP contribution in [-0.2, 0) is 0 Å². The Kier molecular flexibility index (Phi) is 3.54. The number of rotatable bonds is 2. The highest BCUT2D eigenvalue weighted by Gasteiger charge is 2.26. The van der Waals surface area contributed by atoms with Crippen molar-refractivity contribution in [3.8, 4) is 0 Å². The Morgan fingerprint density at radius 3 is 2.87 bits per heavy atom. The Labute approximate surface area is 134 Å². The second-order valence-corrected chi connectivity index (χ2v) is 5.93. The van der Waals surface area contributed by atoms with Crippen molar-refractivity contribution in [3.63, 3.8) is 0 Å². The summed E-state index contributed by atoms with van der Waals surface area (Å²) < 4.78 is 2.13. The average Bonchev–Trinajstić information content (AvgIpc) is 3.10. The van der Waals surface area contributed by atoms with Crippen molar-refractivity contribution in [1.82, 2.24) is 19.3 Å². The number of likely N-dealkylation sites (tertiary alicyclic amines) is 1. The molecular weight excluding hydrogens is 288 g/mol. The fourth-order valence-electron chi connectivity index (χ4n) is 3.38. The SMILES string of the molecule is O=C(c1ccncc1)N1CCC[C@@H](c2cccc3nccn23)C1. The maximum atomic E-state index is 12.7. The summed E-state index contributed by atoms with van der Waals surface area (Å²) in [4.78, 5) is 23.0. The number of imidazole rings is 1. The van der Waals surface area contributed by atoms with Gasteiger partial charge < -0.3 is 9.30 Å². The third-order valence-electron chi connectivity index (χ3n) is 4.51. The van der Waals surface area contributed by atoms with Crippen molar-refractivity contribution < 1.29 is 4.79 Å². The normalized spacial score (nSPS) is 18.3. The zero-order chi connectivity index (χ0) is 15.6. The number of piperidine rings is 1. The molecule has 0 aliphatic carbocycles. The van der Waals surface area contributed by atoms with Gasteiger partial charge in [0.2, 0.25) is 0 Å². The molecule has 1 atom stereocenters. The second-order valence-electron chi connectivity index (χ2n) is 5.93. The molecule has 4 rings (SSSR count). The third kappa shape index (κ3) is 2.59. The minimum atomic E-state index is 0.0925. The van der Waals surface area contributed by atoms with Crippen LogP contribution in [-0.4, -0.2) is 38.3 Å². The zero-order valence-corrected chi connectivity index (χ0v) is 12.8. The molecule has 0 unspecified atom stereocenters. The Hall–Kier alpha value is -2.69. The molecule has 0 aromatic carbocycles. The van der Waals surface area contributed by atoms with Gasteiger partial charge in [-0.15, -0.1) is 0 Å². The number of hydrogen-bond donors (Lipinski definition) is 0. The maximum absolute atomic E-state index is 12.7. The minimum absolute atomic E-state index is 0.0925. The number of aromatic nitrogens is 3. The first-order valence-corrected chi connectivity index (χ1v) is 7.94. The predicted octanol–water partition coefficient (Wildman–Crippen LogP) is 2.75. The number of hydrogen-bond acceptors (Lipinski definition) is 3. The summed E-state index contributed by atoms with van der Waals surface area (Å²) in [6, 6.07) is 9.75. The molecular formula is C18H18N4O. The molecule has 1 fully saturated rings. The summed E-state index contributed by atoms with van der Waals surface area (Å²) in [5.74, 6) is 0.433. The van der Waals surface area contributed by atoms with Crippen molar-refractivity contribution in [1.29, 1.82) is 0 Å². The molecule has 0 N–H and O–H groups in total. The molecule has 5 heteroatoms. The van der Waals surface area contributed by atoms with Crippen LogP contribution < -0.4 is 0 Å². The van der Waals surface area contributed by atoms with E-state index < -0.39 is 0 Å². The zero-order valence-electron chi connectivity index (χ0n) is 12.8. The molecule has 4 heterocycles. The minimum Gasteiger partial charge on any atom is -0.338 e. The lowest BCUT2D eigenvalue weighted by molar-refractivity contribution is 0.0705. The van der Waals surface area contributed by atoms with Gasteiger partial charge in [-0.3, -0.25) is 9.78 Å². The molecule has 116 valence electrons. The Morgan fingerprint density at radius 1 is 1.13 bits per heavy atom. The van der Waals surface area contributed by atoms with Gasteiger partial charge in [0.15, 0.2) is 0 Å². The van der Waals surface area contributed by atoms with E-state index >= 15 is 0 Å². The maximum Gasteiger partial charge on any atom is 0.253 e. The van der Waals surface area contributed by atoms with Gasteiger partial charge in [0, 0.05) is 55.1 Å². The molecule has 1 amide bonds. The highest BCUT2D eigenvalue weighted by molar-refractivity contribution is 5.94. The number of nitrogens with zero attached hydrogens (tertiary/aromatic N) is 4. The standard InChI is InChI=1S/C18H18N4O/c23-18(14-6-8-19-9-7-14)21-11-2-3-15(13-21)16-4-1-5-17-20-10-12-22(16)17/h1,4-10,12,15H,2-3,11,13H2/t15-/m1/s1. The van der Waals surface area contributed by atoms with E-state index in [0.29, 0.717) is 11.5 Å². The number of amides is 1. The van der Waals surface area contributed by atoms with E-state index in [1.165, 1.54) is 5.69 Å². The van der Waals surface area contributed by atoms with E-state index in [1.807, 2.05) is 29.4 Å². The predicted molar refractivity (Wildman–Crippen MR) is 87.3 cm³/mol. The average molecular weight is 306 g/mol. The molecule has 3 aromatic heterocycles. The summed E-state index contributed by atoms with van der Waals surface area (Å²) >= 11 is 0. The van der Waals surface area contributed by atoms with Gasteiger partial charge in [-0.2, -0.15) is 0 Å². The fourth-order valence-corrected chi connectivity index (χ4v) is 3.38. The second kappa shape index (κ2) is 5.83. The van der Waals surface area contributed by atoms with Crippen LogP contribution in [0.1, 0.15) is 34.8 Å². The summed E-state index contributed by atoms with van der Waals surface area (Å²) in [5.41, 5.74) is 2.90. The topological polar surface area (TPSA) is 50.5 Å². The molecule has 1 saturated heterocycles. The van der Waals surface area contributed by atoms with Crippen LogP contribution in [0.3, 0.4) is 0 Å². The molecule has 1 aliphatic rings. The molecule has 3 aromatic rings. The van der Waals surface area contributed by atoms with Crippen molar-refractivity contribution in [2.45, 2.75) is 18.8 Å². The number of pyridine rings is 2. The van der Waals surface area contributed by atoms with Crippen LogP contribution in [0.2, 0.25) is 0 Å². The van der Waals surface area contributed by atoms with Crippen LogP contribution in [0.15, 0.2) is 55.1 Å². The largest absolute Gasteiger partial charge is 0.338 e. The monoisotopic (exact) mass is 306 g/mol. The van der Waals surface area contributed by atoms with Crippen molar-refractivity contribution >= 4 is 11.6 Å². The van der Waals surface area contributed by atoms with E-state index in [2.05, 4.69) is 20.4 Å². The Morgan fingerprint density at radius 2 is 2.00 bits per heavy atom. The van der Waals surface area contributed by atoms with Gasteiger partial charge in [-0.25, -0.2) is 4.98 Å². The van der Waals surface area contributed by atoms with Gasteiger partial charge in [0.25, 0.3) is 5.91 Å². The summed E-state index contributed by atoms with van der Waals surface area (Å²) in [5, 5.41) is 0. The lowest BCUT2D eigenvalue weighted by atomic mass is 9.93. The first-order chi connectivity index (χ1) is 11.3. The first-order valence-electron chi connectivity index (χ1n) is 7.94. The van der Waals surface area contributed by atoms with Gasteiger partial charge in [-0.05, 0) is 37.1 Å². The molecule has 0 spiro atoms. The van der Waals surface area contributed by atoms with E-state index in [1.54, 1.807) is 24.5 Å². The number of fused-ring (bicyclic) bond motifs is 1. The first kappa shape index (κ1) is 13.9. The Bertz CT molecular complexity index is 827. The highest BCUT2D eigenvalue weighted by Crippen LogP contribution is 2.28. The van der Waals surface area contributed by atoms with Gasteiger partial charge in [0.1, 0.15) is 5.65 Å². The van der Waals surface area contributed by atoms with E-state index in [4.69, 9.17) is 0 Å². The summed E-state index contributed by atoms with van der Waals surface area (Å²) in [7, 11) is 0. The third-order valence-corrected chi connectivity index (χ3v) is 4.51. The van der Waals surface area contributed by atoms with Crippen molar-refractivity contribution in [2.24, 2.45) is 0 Å². The molecule has 0 radical (unpaired) electrons. The fraction of sp³-hybridized carbons (Fsp3) is 0.278. The summed E-state index contributed by atoms with van der Waals surface area (Å²) in [6.07, 6.45) is 9.27. The van der Waals surface area contributed by atoms with Crippen LogP contribution in [0, 0.1) is 0 Å². The lowest BCUT2D eigenvalue weighted by Gasteiger charge is -2.33. The number of carbonyl (C=O) groups is 1. The van der Waals surface area contributed by atoms with E-state index in [0.717, 1.165) is 31.6 Å². The molecule has 23 heavy (non-hydrogen) atoms. The van der Waals surface area contributed by atoms with Gasteiger partial charge >= 0.3 is 0 Å². The lowest BCUT2D eigenvalue weighted by Crippen LogP contribution is -2.39. The van der Waals surface area contributed by atoms with Gasteiger partial charge in [-0.1, -0.05) is 6.07 Å². The smallest absolute Gasteiger partial charge is 0.253 e.